The van der Waals surface area contributed by atoms with Crippen LogP contribution < -0.4 is 5.32 Å². The second-order valence-electron chi connectivity index (χ2n) is 3.96. The molecule has 4 heteroatoms. The van der Waals surface area contributed by atoms with Crippen molar-refractivity contribution in [1.82, 2.24) is 5.32 Å². The van der Waals surface area contributed by atoms with Crippen molar-refractivity contribution in [2.75, 3.05) is 19.8 Å². The fraction of sp³-hybridized carbons (Fsp3) is 0.917. The lowest BCUT2D eigenvalue weighted by molar-refractivity contribution is 0.102. The van der Waals surface area contributed by atoms with Crippen molar-refractivity contribution in [3.8, 4) is 0 Å². The van der Waals surface area contributed by atoms with Crippen LogP contribution in [0.2, 0.25) is 0 Å². The molecule has 0 aliphatic carbocycles. The molecule has 0 rings (SSSR count). The van der Waals surface area contributed by atoms with E-state index in [1.807, 2.05) is 6.92 Å². The highest BCUT2D eigenvalue weighted by atomic mass is 16.5. The third-order valence-corrected chi connectivity index (χ3v) is 2.11. The Morgan fingerprint density at radius 2 is 1.81 bits per heavy atom. The third kappa shape index (κ3) is 9.77. The van der Waals surface area contributed by atoms with E-state index in [9.17, 15) is 4.79 Å². The summed E-state index contributed by atoms with van der Waals surface area (Å²) in [5.74, 6) is 0. The Morgan fingerprint density at radius 3 is 2.44 bits per heavy atom. The first-order chi connectivity index (χ1) is 7.70. The van der Waals surface area contributed by atoms with Gasteiger partial charge in [-0.1, -0.05) is 26.7 Å². The molecule has 1 atom stereocenters. The van der Waals surface area contributed by atoms with Gasteiger partial charge in [0.1, 0.15) is 0 Å². The number of hydrogen-bond donors (Lipinski definition) is 1. The van der Waals surface area contributed by atoms with Crippen molar-refractivity contribution in [2.45, 2.75) is 52.5 Å². The highest BCUT2D eigenvalue weighted by Crippen LogP contribution is 1.92. The van der Waals surface area contributed by atoms with E-state index in [0.717, 1.165) is 32.3 Å². The molecular formula is C12H25NO3. The largest absolute Gasteiger partial charge is 0.450 e. The van der Waals surface area contributed by atoms with Crippen molar-refractivity contribution in [3.05, 3.63) is 0 Å². The van der Waals surface area contributed by atoms with Crippen LogP contribution in [-0.4, -0.2) is 32.0 Å². The zero-order valence-electron chi connectivity index (χ0n) is 10.8. The lowest BCUT2D eigenvalue weighted by Gasteiger charge is -2.14. The minimum Gasteiger partial charge on any atom is -0.450 e. The SMILES string of the molecule is CCCCOC[C@@H](C)NC(=O)OCCCC. The van der Waals surface area contributed by atoms with Crippen LogP contribution in [0.5, 0.6) is 0 Å². The molecule has 0 heterocycles. The average molecular weight is 231 g/mol. The maximum Gasteiger partial charge on any atom is 0.407 e. The zero-order valence-corrected chi connectivity index (χ0v) is 10.8. The van der Waals surface area contributed by atoms with Gasteiger partial charge in [0, 0.05) is 6.61 Å². The molecule has 16 heavy (non-hydrogen) atoms. The number of nitrogens with one attached hydrogen (secondary N) is 1. The van der Waals surface area contributed by atoms with Gasteiger partial charge in [-0.15, -0.1) is 0 Å². The van der Waals surface area contributed by atoms with Gasteiger partial charge in [0.05, 0.1) is 19.3 Å². The van der Waals surface area contributed by atoms with Gasteiger partial charge in [-0.3, -0.25) is 0 Å². The van der Waals surface area contributed by atoms with Gasteiger partial charge < -0.3 is 14.8 Å². The van der Waals surface area contributed by atoms with Crippen LogP contribution in [0.4, 0.5) is 4.79 Å². The Bertz CT molecular complexity index is 174. The van der Waals surface area contributed by atoms with Gasteiger partial charge in [-0.25, -0.2) is 4.79 Å². The molecule has 0 spiro atoms. The van der Waals surface area contributed by atoms with Crippen molar-refractivity contribution in [1.29, 1.82) is 0 Å². The highest BCUT2D eigenvalue weighted by molar-refractivity contribution is 5.67. The van der Waals surface area contributed by atoms with Crippen LogP contribution in [0.15, 0.2) is 0 Å². The number of carbonyl (C=O) groups excluding carboxylic acids is 1. The van der Waals surface area contributed by atoms with Crippen LogP contribution in [0.3, 0.4) is 0 Å². The number of unbranched alkanes of at least 4 members (excludes halogenated alkanes) is 2. The Morgan fingerprint density at radius 1 is 1.19 bits per heavy atom. The van der Waals surface area contributed by atoms with Crippen LogP contribution >= 0.6 is 0 Å². The molecule has 96 valence electrons. The normalized spacial score (nSPS) is 12.2. The average Bonchev–Trinajstić information content (AvgIpc) is 2.25. The number of alkyl carbamates (subject to hydrolysis) is 1. The van der Waals surface area contributed by atoms with Gasteiger partial charge in [0.15, 0.2) is 0 Å². The Balaban J connectivity index is 3.39. The van der Waals surface area contributed by atoms with E-state index in [0.29, 0.717) is 13.2 Å². The standard InChI is InChI=1S/C12H25NO3/c1-4-6-8-15-10-11(3)13-12(14)16-9-7-5-2/h11H,4-10H2,1-3H3,(H,13,14)/t11-/m1/s1. The maximum absolute atomic E-state index is 11.2. The van der Waals surface area contributed by atoms with Crippen LogP contribution in [0.25, 0.3) is 0 Å². The smallest absolute Gasteiger partial charge is 0.407 e. The summed E-state index contributed by atoms with van der Waals surface area (Å²) in [4.78, 5) is 11.2. The quantitative estimate of drug-likeness (QED) is 0.621. The Kier molecular flexibility index (Phi) is 10.2. The topological polar surface area (TPSA) is 47.6 Å². The van der Waals surface area contributed by atoms with Crippen LogP contribution in [0.1, 0.15) is 46.5 Å². The molecule has 0 saturated carbocycles. The maximum atomic E-state index is 11.2. The number of ether oxygens (including phenoxy) is 2. The molecule has 4 nitrogen and oxygen atoms in total. The van der Waals surface area contributed by atoms with Crippen molar-refractivity contribution >= 4 is 6.09 Å². The van der Waals surface area contributed by atoms with E-state index in [1.54, 1.807) is 0 Å². The monoisotopic (exact) mass is 231 g/mol. The number of carbonyl (C=O) groups is 1. The number of hydrogen-bond acceptors (Lipinski definition) is 3. The molecule has 0 aliphatic rings. The molecule has 0 fully saturated rings. The molecule has 0 aromatic rings. The molecule has 1 amide bonds. The van der Waals surface area contributed by atoms with Crippen LogP contribution in [-0.2, 0) is 9.47 Å². The number of rotatable bonds is 9. The summed E-state index contributed by atoms with van der Waals surface area (Å²) in [6.45, 7) is 7.89. The van der Waals surface area contributed by atoms with E-state index >= 15 is 0 Å². The fourth-order valence-electron chi connectivity index (χ4n) is 1.10. The highest BCUT2D eigenvalue weighted by Gasteiger charge is 2.07. The summed E-state index contributed by atoms with van der Waals surface area (Å²) in [5.41, 5.74) is 0. The lowest BCUT2D eigenvalue weighted by Crippen LogP contribution is -2.36. The van der Waals surface area contributed by atoms with E-state index in [2.05, 4.69) is 19.2 Å². The molecule has 0 saturated heterocycles. The molecule has 0 unspecified atom stereocenters. The molecule has 1 N–H and O–H groups in total. The number of amides is 1. The van der Waals surface area contributed by atoms with E-state index in [-0.39, 0.29) is 12.1 Å². The first kappa shape index (κ1) is 15.2. The fourth-order valence-corrected chi connectivity index (χ4v) is 1.10. The first-order valence-corrected chi connectivity index (χ1v) is 6.21. The summed E-state index contributed by atoms with van der Waals surface area (Å²) in [6, 6.07) is 0.00554. The van der Waals surface area contributed by atoms with Crippen molar-refractivity contribution in [3.63, 3.8) is 0 Å². The van der Waals surface area contributed by atoms with E-state index in [4.69, 9.17) is 9.47 Å². The first-order valence-electron chi connectivity index (χ1n) is 6.21. The van der Waals surface area contributed by atoms with Crippen LogP contribution in [0, 0.1) is 0 Å². The van der Waals surface area contributed by atoms with Crippen molar-refractivity contribution in [2.24, 2.45) is 0 Å². The molecule has 0 radical (unpaired) electrons. The summed E-state index contributed by atoms with van der Waals surface area (Å²) >= 11 is 0. The van der Waals surface area contributed by atoms with Gasteiger partial charge >= 0.3 is 6.09 Å². The molecule has 0 aliphatic heterocycles. The van der Waals surface area contributed by atoms with Gasteiger partial charge in [0.2, 0.25) is 0 Å². The van der Waals surface area contributed by atoms with E-state index < -0.39 is 0 Å². The second kappa shape index (κ2) is 10.7. The molecular weight excluding hydrogens is 206 g/mol. The summed E-state index contributed by atoms with van der Waals surface area (Å²) < 4.78 is 10.4. The second-order valence-corrected chi connectivity index (χ2v) is 3.96. The minimum atomic E-state index is -0.347. The predicted molar refractivity (Wildman–Crippen MR) is 64.6 cm³/mol. The van der Waals surface area contributed by atoms with E-state index in [1.165, 1.54) is 0 Å². The third-order valence-electron chi connectivity index (χ3n) is 2.11. The minimum absolute atomic E-state index is 0.00554. The van der Waals surface area contributed by atoms with Gasteiger partial charge in [0.25, 0.3) is 0 Å². The van der Waals surface area contributed by atoms with Gasteiger partial charge in [-0.05, 0) is 19.8 Å². The van der Waals surface area contributed by atoms with Gasteiger partial charge in [-0.2, -0.15) is 0 Å². The Hall–Kier alpha value is -0.770. The summed E-state index contributed by atoms with van der Waals surface area (Å²) in [5, 5.41) is 2.73. The van der Waals surface area contributed by atoms with Crippen molar-refractivity contribution < 1.29 is 14.3 Å². The Labute approximate surface area is 98.7 Å². The summed E-state index contributed by atoms with van der Waals surface area (Å²) in [6.07, 6.45) is 3.78. The zero-order chi connectivity index (χ0) is 12.2. The predicted octanol–water partition coefficient (Wildman–Crippen LogP) is 2.72. The molecule has 0 bridgehead atoms. The lowest BCUT2D eigenvalue weighted by atomic mass is 10.3. The summed E-state index contributed by atoms with van der Waals surface area (Å²) in [7, 11) is 0. The molecule has 0 aromatic heterocycles. The molecule has 0 aromatic carbocycles.